The molecule has 30 heavy (non-hydrogen) atoms. The molecule has 1 aliphatic heterocycles. The lowest BCUT2D eigenvalue weighted by molar-refractivity contribution is 0.102. The molecule has 0 spiro atoms. The summed E-state index contributed by atoms with van der Waals surface area (Å²) in [6.45, 7) is 2.34. The Bertz CT molecular complexity index is 1190. The van der Waals surface area contributed by atoms with Crippen molar-refractivity contribution in [2.75, 3.05) is 16.2 Å². The number of carbonyl (C=O) groups excluding carboxylic acids is 1. The molecule has 1 amide bonds. The molecule has 4 rings (SSSR count). The SMILES string of the molecule is Cc1ccc(S(=O)(=O)N2CCCc3cc(C(=O)Nc4ccc(Cl)cc4)ccc32)cc1. The van der Waals surface area contributed by atoms with Gasteiger partial charge in [-0.2, -0.15) is 0 Å². The van der Waals surface area contributed by atoms with E-state index in [1.165, 1.54) is 4.31 Å². The summed E-state index contributed by atoms with van der Waals surface area (Å²) in [4.78, 5) is 12.9. The molecular weight excluding hydrogens is 420 g/mol. The zero-order valence-electron chi connectivity index (χ0n) is 16.4. The molecular formula is C23H21ClN2O3S. The first-order valence-corrected chi connectivity index (χ1v) is 11.5. The maximum Gasteiger partial charge on any atom is 0.264 e. The highest BCUT2D eigenvalue weighted by molar-refractivity contribution is 7.92. The summed E-state index contributed by atoms with van der Waals surface area (Å²) in [5.74, 6) is -0.251. The van der Waals surface area contributed by atoms with Gasteiger partial charge in [0.1, 0.15) is 0 Å². The first-order valence-electron chi connectivity index (χ1n) is 9.64. The lowest BCUT2D eigenvalue weighted by Gasteiger charge is -2.30. The van der Waals surface area contributed by atoms with E-state index in [1.54, 1.807) is 66.7 Å². The Hall–Kier alpha value is -2.83. The number of anilines is 2. The third-order valence-corrected chi connectivity index (χ3v) is 7.21. The van der Waals surface area contributed by atoms with Gasteiger partial charge in [-0.3, -0.25) is 9.10 Å². The fourth-order valence-electron chi connectivity index (χ4n) is 3.53. The molecule has 0 bridgehead atoms. The molecule has 1 N–H and O–H groups in total. The molecule has 3 aromatic rings. The maximum absolute atomic E-state index is 13.2. The number of hydrogen-bond donors (Lipinski definition) is 1. The van der Waals surface area contributed by atoms with Gasteiger partial charge in [0, 0.05) is 22.8 Å². The van der Waals surface area contributed by atoms with Crippen molar-refractivity contribution in [2.45, 2.75) is 24.7 Å². The summed E-state index contributed by atoms with van der Waals surface area (Å²) in [7, 11) is -3.66. The monoisotopic (exact) mass is 440 g/mol. The number of nitrogens with zero attached hydrogens (tertiary/aromatic N) is 1. The van der Waals surface area contributed by atoms with E-state index in [4.69, 9.17) is 11.6 Å². The lowest BCUT2D eigenvalue weighted by Crippen LogP contribution is -2.35. The number of carbonyl (C=O) groups is 1. The predicted octanol–water partition coefficient (Wildman–Crippen LogP) is 5.04. The first-order chi connectivity index (χ1) is 14.3. The molecule has 7 heteroatoms. The molecule has 0 saturated heterocycles. The van der Waals surface area contributed by atoms with Crippen LogP contribution in [-0.4, -0.2) is 20.9 Å². The topological polar surface area (TPSA) is 66.5 Å². The van der Waals surface area contributed by atoms with Gasteiger partial charge in [-0.15, -0.1) is 0 Å². The minimum absolute atomic E-state index is 0.251. The summed E-state index contributed by atoms with van der Waals surface area (Å²) in [6.07, 6.45) is 1.41. The van der Waals surface area contributed by atoms with Gasteiger partial charge in [0.05, 0.1) is 10.6 Å². The molecule has 0 fully saturated rings. The Morgan fingerprint density at radius 1 is 1.00 bits per heavy atom. The Kier molecular flexibility index (Phi) is 5.54. The van der Waals surface area contributed by atoms with Gasteiger partial charge < -0.3 is 5.32 Å². The van der Waals surface area contributed by atoms with Crippen molar-refractivity contribution in [2.24, 2.45) is 0 Å². The van der Waals surface area contributed by atoms with Crippen molar-refractivity contribution in [3.8, 4) is 0 Å². The quantitative estimate of drug-likeness (QED) is 0.617. The lowest BCUT2D eigenvalue weighted by atomic mass is 10.0. The van der Waals surface area contributed by atoms with E-state index < -0.39 is 10.0 Å². The normalized spacial score (nSPS) is 13.6. The second-order valence-electron chi connectivity index (χ2n) is 7.30. The largest absolute Gasteiger partial charge is 0.322 e. The highest BCUT2D eigenvalue weighted by Gasteiger charge is 2.29. The molecule has 3 aromatic carbocycles. The fourth-order valence-corrected chi connectivity index (χ4v) is 5.19. The molecule has 5 nitrogen and oxygen atoms in total. The van der Waals surface area contributed by atoms with Crippen LogP contribution in [0.15, 0.2) is 71.6 Å². The molecule has 1 heterocycles. The number of aryl methyl sites for hydroxylation is 2. The maximum atomic E-state index is 13.2. The molecule has 0 unspecified atom stereocenters. The van der Waals surface area contributed by atoms with Crippen molar-refractivity contribution >= 4 is 38.9 Å². The van der Waals surface area contributed by atoms with Crippen molar-refractivity contribution in [3.63, 3.8) is 0 Å². The Balaban J connectivity index is 1.61. The summed E-state index contributed by atoms with van der Waals surface area (Å²) in [6, 6.07) is 18.9. The average molecular weight is 441 g/mol. The van der Waals surface area contributed by atoms with Gasteiger partial charge in [-0.1, -0.05) is 29.3 Å². The minimum atomic E-state index is -3.66. The Morgan fingerprint density at radius 2 is 1.70 bits per heavy atom. The van der Waals surface area contributed by atoms with E-state index in [0.29, 0.717) is 34.9 Å². The van der Waals surface area contributed by atoms with Crippen LogP contribution in [0.4, 0.5) is 11.4 Å². The number of rotatable bonds is 4. The third-order valence-electron chi connectivity index (χ3n) is 5.13. The van der Waals surface area contributed by atoms with Crippen molar-refractivity contribution in [1.29, 1.82) is 0 Å². The standard InChI is InChI=1S/C23H21ClN2O3S/c1-16-4-11-21(12-5-16)30(28,29)26-14-2-3-17-15-18(6-13-22(17)26)23(27)25-20-9-7-19(24)8-10-20/h4-13,15H,2-3,14H2,1H3,(H,25,27). The molecule has 0 radical (unpaired) electrons. The van der Waals surface area contributed by atoms with E-state index in [1.807, 2.05) is 6.92 Å². The van der Waals surface area contributed by atoms with Gasteiger partial charge in [-0.05, 0) is 79.9 Å². The first kappa shape index (κ1) is 20.4. The molecule has 0 saturated carbocycles. The summed E-state index contributed by atoms with van der Waals surface area (Å²) in [5.41, 5.74) is 3.61. The molecule has 0 aliphatic carbocycles. The van der Waals surface area contributed by atoms with Crippen LogP contribution in [0.2, 0.25) is 5.02 Å². The van der Waals surface area contributed by atoms with Crippen molar-refractivity contribution in [3.05, 3.63) is 88.4 Å². The van der Waals surface area contributed by atoms with Crippen LogP contribution in [0.1, 0.15) is 27.9 Å². The summed E-state index contributed by atoms with van der Waals surface area (Å²) in [5, 5.41) is 3.43. The van der Waals surface area contributed by atoms with E-state index in [0.717, 1.165) is 17.5 Å². The zero-order valence-corrected chi connectivity index (χ0v) is 18.0. The predicted molar refractivity (Wildman–Crippen MR) is 120 cm³/mol. The third kappa shape index (κ3) is 4.06. The van der Waals surface area contributed by atoms with E-state index >= 15 is 0 Å². The number of fused-ring (bicyclic) bond motifs is 1. The highest BCUT2D eigenvalue weighted by Crippen LogP contribution is 2.33. The van der Waals surface area contributed by atoms with Gasteiger partial charge >= 0.3 is 0 Å². The summed E-state index contributed by atoms with van der Waals surface area (Å²) < 4.78 is 27.8. The van der Waals surface area contributed by atoms with E-state index in [9.17, 15) is 13.2 Å². The number of sulfonamides is 1. The van der Waals surface area contributed by atoms with Gasteiger partial charge in [0.25, 0.3) is 15.9 Å². The average Bonchev–Trinajstić information content (AvgIpc) is 2.74. The molecule has 1 aliphatic rings. The van der Waals surface area contributed by atoms with Crippen LogP contribution >= 0.6 is 11.6 Å². The molecule has 154 valence electrons. The highest BCUT2D eigenvalue weighted by atomic mass is 35.5. The number of amides is 1. The van der Waals surface area contributed by atoms with E-state index in [-0.39, 0.29) is 10.8 Å². The molecule has 0 aromatic heterocycles. The fraction of sp³-hybridized carbons (Fsp3) is 0.174. The Labute approximate surface area is 181 Å². The van der Waals surface area contributed by atoms with Crippen LogP contribution < -0.4 is 9.62 Å². The smallest absolute Gasteiger partial charge is 0.264 e. The second kappa shape index (κ2) is 8.13. The second-order valence-corrected chi connectivity index (χ2v) is 9.60. The zero-order chi connectivity index (χ0) is 21.3. The number of nitrogens with one attached hydrogen (secondary N) is 1. The van der Waals surface area contributed by atoms with Crippen LogP contribution in [0.5, 0.6) is 0 Å². The summed E-state index contributed by atoms with van der Waals surface area (Å²) >= 11 is 5.88. The minimum Gasteiger partial charge on any atom is -0.322 e. The van der Waals surface area contributed by atoms with Crippen LogP contribution in [0.25, 0.3) is 0 Å². The van der Waals surface area contributed by atoms with Crippen LogP contribution in [-0.2, 0) is 16.4 Å². The number of hydrogen-bond acceptors (Lipinski definition) is 3. The van der Waals surface area contributed by atoms with E-state index in [2.05, 4.69) is 5.32 Å². The number of benzene rings is 3. The van der Waals surface area contributed by atoms with Gasteiger partial charge in [0.15, 0.2) is 0 Å². The van der Waals surface area contributed by atoms with Crippen LogP contribution in [0, 0.1) is 6.92 Å². The Morgan fingerprint density at radius 3 is 2.40 bits per heavy atom. The van der Waals surface area contributed by atoms with Gasteiger partial charge in [-0.25, -0.2) is 8.42 Å². The van der Waals surface area contributed by atoms with Crippen molar-refractivity contribution < 1.29 is 13.2 Å². The van der Waals surface area contributed by atoms with Crippen LogP contribution in [0.3, 0.4) is 0 Å². The number of halogens is 1. The van der Waals surface area contributed by atoms with Crippen molar-refractivity contribution in [1.82, 2.24) is 0 Å². The molecule has 0 atom stereocenters. The van der Waals surface area contributed by atoms with Gasteiger partial charge in [0.2, 0.25) is 0 Å².